The molecule has 0 bridgehead atoms. The molecule has 0 amide bonds. The van der Waals surface area contributed by atoms with E-state index >= 15 is 0 Å². The minimum absolute atomic E-state index is 0.158. The lowest BCUT2D eigenvalue weighted by molar-refractivity contribution is 0.0616. The summed E-state index contributed by atoms with van der Waals surface area (Å²) in [5.74, 6) is 0.841. The molecule has 0 saturated heterocycles. The van der Waals surface area contributed by atoms with Crippen LogP contribution in [0.4, 0.5) is 0 Å². The van der Waals surface area contributed by atoms with Crippen molar-refractivity contribution in [3.63, 3.8) is 0 Å². The second-order valence-electron chi connectivity index (χ2n) is 6.06. The van der Waals surface area contributed by atoms with Gasteiger partial charge in [0, 0.05) is 23.7 Å². The van der Waals surface area contributed by atoms with Crippen molar-refractivity contribution in [1.29, 1.82) is 0 Å². The quantitative estimate of drug-likeness (QED) is 0.912. The molecule has 1 aromatic carbocycles. The van der Waals surface area contributed by atoms with Gasteiger partial charge in [0.05, 0.1) is 0 Å². The fourth-order valence-electron chi connectivity index (χ4n) is 3.09. The summed E-state index contributed by atoms with van der Waals surface area (Å²) in [6, 6.07) is 8.09. The molecule has 19 heavy (non-hydrogen) atoms. The third-order valence-electron chi connectivity index (χ3n) is 4.76. The van der Waals surface area contributed by atoms with E-state index in [1.807, 2.05) is 18.2 Å². The summed E-state index contributed by atoms with van der Waals surface area (Å²) in [5, 5.41) is 0.852. The van der Waals surface area contributed by atoms with Gasteiger partial charge in [-0.1, -0.05) is 36.7 Å². The predicted molar refractivity (Wildman–Crippen MR) is 82.3 cm³/mol. The van der Waals surface area contributed by atoms with Gasteiger partial charge in [-0.15, -0.1) is 0 Å². The third kappa shape index (κ3) is 3.31. The first-order chi connectivity index (χ1) is 9.07. The average Bonchev–Trinajstić information content (AvgIpc) is 2.42. The Kier molecular flexibility index (Phi) is 4.88. The molecule has 2 nitrogen and oxygen atoms in total. The Morgan fingerprint density at radius 1 is 1.32 bits per heavy atom. The number of rotatable bonds is 4. The number of nitrogens with two attached hydrogens (primary N) is 1. The largest absolute Gasteiger partial charge is 0.329 e. The highest BCUT2D eigenvalue weighted by Crippen LogP contribution is 2.36. The van der Waals surface area contributed by atoms with E-state index in [2.05, 4.69) is 24.9 Å². The lowest BCUT2D eigenvalue weighted by atomic mass is 9.76. The van der Waals surface area contributed by atoms with E-state index in [0.717, 1.165) is 24.0 Å². The molecular formula is C16H25ClN2. The molecule has 0 radical (unpaired) electrons. The van der Waals surface area contributed by atoms with Gasteiger partial charge in [0.15, 0.2) is 0 Å². The lowest BCUT2D eigenvalue weighted by Crippen LogP contribution is -2.53. The zero-order valence-electron chi connectivity index (χ0n) is 12.0. The topological polar surface area (TPSA) is 29.3 Å². The van der Waals surface area contributed by atoms with Crippen LogP contribution in [0.2, 0.25) is 5.02 Å². The summed E-state index contributed by atoms with van der Waals surface area (Å²) in [4.78, 5) is 2.42. The molecule has 3 heteroatoms. The number of benzene rings is 1. The van der Waals surface area contributed by atoms with E-state index in [-0.39, 0.29) is 5.54 Å². The minimum atomic E-state index is 0.158. The van der Waals surface area contributed by atoms with E-state index in [1.54, 1.807) is 0 Å². The molecule has 2 N–H and O–H groups in total. The summed E-state index contributed by atoms with van der Waals surface area (Å²) in [6.45, 7) is 3.96. The van der Waals surface area contributed by atoms with Crippen LogP contribution in [-0.2, 0) is 6.54 Å². The fourth-order valence-corrected chi connectivity index (χ4v) is 3.29. The van der Waals surface area contributed by atoms with Gasteiger partial charge in [-0.3, -0.25) is 4.90 Å². The molecule has 1 aliphatic rings. The molecule has 0 unspecified atom stereocenters. The zero-order chi connectivity index (χ0) is 13.9. The maximum absolute atomic E-state index is 6.26. The first-order valence-electron chi connectivity index (χ1n) is 7.22. The van der Waals surface area contributed by atoms with Crippen molar-refractivity contribution in [3.05, 3.63) is 34.9 Å². The van der Waals surface area contributed by atoms with Crippen molar-refractivity contribution >= 4 is 11.6 Å². The fraction of sp³-hybridized carbons (Fsp3) is 0.625. The van der Waals surface area contributed by atoms with Gasteiger partial charge in [-0.05, 0) is 50.3 Å². The Labute approximate surface area is 121 Å². The van der Waals surface area contributed by atoms with E-state index < -0.39 is 0 Å². The smallest absolute Gasteiger partial charge is 0.0451 e. The SMILES string of the molecule is CC1CCC(CN)(N(C)Cc2ccccc2Cl)CC1. The Hall–Kier alpha value is -0.570. The number of nitrogens with zero attached hydrogens (tertiary/aromatic N) is 1. The highest BCUT2D eigenvalue weighted by atomic mass is 35.5. The normalized spacial score (nSPS) is 27.7. The Morgan fingerprint density at radius 2 is 1.95 bits per heavy atom. The summed E-state index contributed by atoms with van der Waals surface area (Å²) in [7, 11) is 2.19. The summed E-state index contributed by atoms with van der Waals surface area (Å²) >= 11 is 6.26. The number of hydrogen-bond acceptors (Lipinski definition) is 2. The van der Waals surface area contributed by atoms with E-state index in [0.29, 0.717) is 0 Å². The molecule has 0 heterocycles. The molecule has 1 fully saturated rings. The Bertz CT molecular complexity index is 411. The van der Waals surface area contributed by atoms with Gasteiger partial charge in [-0.2, -0.15) is 0 Å². The second-order valence-corrected chi connectivity index (χ2v) is 6.47. The molecule has 1 saturated carbocycles. The van der Waals surface area contributed by atoms with Crippen molar-refractivity contribution in [2.75, 3.05) is 13.6 Å². The molecule has 0 aromatic heterocycles. The molecule has 0 aliphatic heterocycles. The maximum atomic E-state index is 6.26. The van der Waals surface area contributed by atoms with Crippen LogP contribution in [0.3, 0.4) is 0 Å². The highest BCUT2D eigenvalue weighted by molar-refractivity contribution is 6.31. The van der Waals surface area contributed by atoms with Gasteiger partial charge >= 0.3 is 0 Å². The van der Waals surface area contributed by atoms with Gasteiger partial charge in [0.1, 0.15) is 0 Å². The third-order valence-corrected chi connectivity index (χ3v) is 5.13. The van der Waals surface area contributed by atoms with Gasteiger partial charge in [-0.25, -0.2) is 0 Å². The molecular weight excluding hydrogens is 256 g/mol. The van der Waals surface area contributed by atoms with E-state index in [9.17, 15) is 0 Å². The molecule has 1 aromatic rings. The van der Waals surface area contributed by atoms with E-state index in [4.69, 9.17) is 17.3 Å². The highest BCUT2D eigenvalue weighted by Gasteiger charge is 2.36. The van der Waals surface area contributed by atoms with Crippen LogP contribution in [-0.4, -0.2) is 24.0 Å². The van der Waals surface area contributed by atoms with Crippen molar-refractivity contribution in [2.45, 2.75) is 44.7 Å². The number of hydrogen-bond donors (Lipinski definition) is 1. The van der Waals surface area contributed by atoms with Gasteiger partial charge < -0.3 is 5.73 Å². The monoisotopic (exact) mass is 280 g/mol. The first-order valence-corrected chi connectivity index (χ1v) is 7.60. The van der Waals surface area contributed by atoms with Crippen molar-refractivity contribution in [1.82, 2.24) is 4.90 Å². The second kappa shape index (κ2) is 6.25. The molecule has 106 valence electrons. The zero-order valence-corrected chi connectivity index (χ0v) is 12.8. The van der Waals surface area contributed by atoms with E-state index in [1.165, 1.54) is 31.2 Å². The van der Waals surface area contributed by atoms with Gasteiger partial charge in [0.2, 0.25) is 0 Å². The Morgan fingerprint density at radius 3 is 2.53 bits per heavy atom. The maximum Gasteiger partial charge on any atom is 0.0451 e. The van der Waals surface area contributed by atoms with Crippen LogP contribution in [0.25, 0.3) is 0 Å². The molecule has 0 atom stereocenters. The molecule has 0 spiro atoms. The van der Waals surface area contributed by atoms with Crippen LogP contribution < -0.4 is 5.73 Å². The summed E-state index contributed by atoms with van der Waals surface area (Å²) < 4.78 is 0. The summed E-state index contributed by atoms with van der Waals surface area (Å²) in [6.07, 6.45) is 4.96. The summed E-state index contributed by atoms with van der Waals surface area (Å²) in [5.41, 5.74) is 7.45. The standard InChI is InChI=1S/C16H25ClN2/c1-13-7-9-16(12-18,10-8-13)19(2)11-14-5-3-4-6-15(14)17/h3-6,13H,7-12,18H2,1-2H3. The van der Waals surface area contributed by atoms with Crippen LogP contribution in [0.1, 0.15) is 38.2 Å². The average molecular weight is 281 g/mol. The predicted octanol–water partition coefficient (Wildman–Crippen LogP) is 3.68. The number of likely N-dealkylation sites (N-methyl/N-ethyl adjacent to an activating group) is 1. The van der Waals surface area contributed by atoms with Crippen molar-refractivity contribution in [2.24, 2.45) is 11.7 Å². The van der Waals surface area contributed by atoms with Crippen molar-refractivity contribution < 1.29 is 0 Å². The first kappa shape index (κ1) is 14.8. The van der Waals surface area contributed by atoms with Crippen LogP contribution in [0, 0.1) is 5.92 Å². The van der Waals surface area contributed by atoms with Crippen molar-refractivity contribution in [3.8, 4) is 0 Å². The Balaban J connectivity index is 2.09. The van der Waals surface area contributed by atoms with Crippen LogP contribution >= 0.6 is 11.6 Å². The van der Waals surface area contributed by atoms with Gasteiger partial charge in [0.25, 0.3) is 0 Å². The minimum Gasteiger partial charge on any atom is -0.329 e. The molecule has 1 aliphatic carbocycles. The van der Waals surface area contributed by atoms with Crippen LogP contribution in [0.15, 0.2) is 24.3 Å². The molecule has 2 rings (SSSR count). The van der Waals surface area contributed by atoms with Crippen LogP contribution in [0.5, 0.6) is 0 Å². The lowest BCUT2D eigenvalue weighted by Gasteiger charge is -2.45. The number of halogens is 1.